The Labute approximate surface area is 135 Å². The molecule has 0 aliphatic heterocycles. The Balaban J connectivity index is 1.82. The Hall–Kier alpha value is -1.32. The van der Waals surface area contributed by atoms with Gasteiger partial charge in [-0.1, -0.05) is 40.2 Å². The summed E-state index contributed by atoms with van der Waals surface area (Å²) in [7, 11) is 0. The second-order valence-electron chi connectivity index (χ2n) is 5.32. The van der Waals surface area contributed by atoms with E-state index >= 15 is 0 Å². The largest absolute Gasteiger partial charge is 0.494 e. The molecule has 2 nitrogen and oxygen atoms in total. The normalized spacial score (nSPS) is 12.1. The summed E-state index contributed by atoms with van der Waals surface area (Å²) >= 11 is 3.42. The molecule has 2 aromatic rings. The Kier molecular flexibility index (Phi) is 6.27. The van der Waals surface area contributed by atoms with Crippen LogP contribution in [0.15, 0.2) is 53.0 Å². The van der Waals surface area contributed by atoms with Gasteiger partial charge in [-0.05, 0) is 67.6 Å². The zero-order chi connectivity index (χ0) is 15.1. The van der Waals surface area contributed by atoms with Gasteiger partial charge in [0.15, 0.2) is 0 Å². The van der Waals surface area contributed by atoms with E-state index in [1.54, 1.807) is 0 Å². The average molecular weight is 348 g/mol. The molecule has 1 unspecified atom stereocenters. The predicted octanol–water partition coefficient (Wildman–Crippen LogP) is 4.34. The van der Waals surface area contributed by atoms with Gasteiger partial charge in [-0.15, -0.1) is 0 Å². The Morgan fingerprint density at radius 1 is 1.10 bits per heavy atom. The molecule has 0 radical (unpaired) electrons. The lowest BCUT2D eigenvalue weighted by Gasteiger charge is -2.16. The van der Waals surface area contributed by atoms with Crippen LogP contribution in [0.5, 0.6) is 5.75 Å². The number of nitrogens with two attached hydrogens (primary N) is 1. The van der Waals surface area contributed by atoms with Crippen molar-refractivity contribution in [1.82, 2.24) is 0 Å². The van der Waals surface area contributed by atoms with E-state index < -0.39 is 0 Å². The first-order valence-electron chi connectivity index (χ1n) is 7.32. The zero-order valence-corrected chi connectivity index (χ0v) is 14.0. The first-order chi connectivity index (χ1) is 10.2. The summed E-state index contributed by atoms with van der Waals surface area (Å²) < 4.78 is 6.85. The van der Waals surface area contributed by atoms with Gasteiger partial charge < -0.3 is 10.5 Å². The summed E-state index contributed by atoms with van der Waals surface area (Å²) in [5, 5.41) is 0. The molecule has 0 aromatic heterocycles. The van der Waals surface area contributed by atoms with E-state index in [4.69, 9.17) is 10.5 Å². The molecule has 1 atom stereocenters. The van der Waals surface area contributed by atoms with Crippen molar-refractivity contribution in [2.24, 2.45) is 11.7 Å². The molecule has 0 amide bonds. The summed E-state index contributed by atoms with van der Waals surface area (Å²) in [6.07, 6.45) is 1.99. The third-order valence-electron chi connectivity index (χ3n) is 3.71. The molecule has 0 aliphatic rings. The maximum absolute atomic E-state index is 5.91. The molecule has 2 aromatic carbocycles. The zero-order valence-electron chi connectivity index (χ0n) is 12.4. The quantitative estimate of drug-likeness (QED) is 0.808. The topological polar surface area (TPSA) is 35.2 Å². The SMILES string of the molecule is Cc1ccccc1CC(CN)CCOc1ccc(Br)cc1. The van der Waals surface area contributed by atoms with Gasteiger partial charge in [-0.3, -0.25) is 0 Å². The second-order valence-corrected chi connectivity index (χ2v) is 6.24. The highest BCUT2D eigenvalue weighted by Gasteiger charge is 2.09. The van der Waals surface area contributed by atoms with Crippen molar-refractivity contribution < 1.29 is 4.74 Å². The third-order valence-corrected chi connectivity index (χ3v) is 4.24. The summed E-state index contributed by atoms with van der Waals surface area (Å²) in [5.74, 6) is 1.37. The molecular weight excluding hydrogens is 326 g/mol. The van der Waals surface area contributed by atoms with Crippen LogP contribution in [-0.4, -0.2) is 13.2 Å². The maximum atomic E-state index is 5.91. The van der Waals surface area contributed by atoms with Gasteiger partial charge in [-0.25, -0.2) is 0 Å². The minimum atomic E-state index is 0.460. The monoisotopic (exact) mass is 347 g/mol. The van der Waals surface area contributed by atoms with Gasteiger partial charge in [0.2, 0.25) is 0 Å². The van der Waals surface area contributed by atoms with Crippen molar-refractivity contribution in [3.8, 4) is 5.75 Å². The van der Waals surface area contributed by atoms with E-state index in [1.807, 2.05) is 24.3 Å². The van der Waals surface area contributed by atoms with Crippen LogP contribution < -0.4 is 10.5 Å². The molecule has 0 spiro atoms. The van der Waals surface area contributed by atoms with Gasteiger partial charge >= 0.3 is 0 Å². The van der Waals surface area contributed by atoms with Crippen LogP contribution >= 0.6 is 15.9 Å². The first-order valence-corrected chi connectivity index (χ1v) is 8.11. The van der Waals surface area contributed by atoms with Crippen molar-refractivity contribution in [1.29, 1.82) is 0 Å². The van der Waals surface area contributed by atoms with E-state index in [-0.39, 0.29) is 0 Å². The number of hydrogen-bond donors (Lipinski definition) is 1. The van der Waals surface area contributed by atoms with E-state index in [9.17, 15) is 0 Å². The highest BCUT2D eigenvalue weighted by Crippen LogP contribution is 2.18. The summed E-state index contributed by atoms with van der Waals surface area (Å²) in [6, 6.07) is 16.4. The number of ether oxygens (including phenoxy) is 1. The second kappa shape index (κ2) is 8.20. The fourth-order valence-corrected chi connectivity index (χ4v) is 2.59. The highest BCUT2D eigenvalue weighted by molar-refractivity contribution is 9.10. The van der Waals surface area contributed by atoms with Gasteiger partial charge in [0.05, 0.1) is 6.61 Å². The van der Waals surface area contributed by atoms with Crippen molar-refractivity contribution >= 4 is 15.9 Å². The van der Waals surface area contributed by atoms with Crippen molar-refractivity contribution in [3.05, 3.63) is 64.1 Å². The molecule has 2 N–H and O–H groups in total. The van der Waals surface area contributed by atoms with Crippen LogP contribution in [-0.2, 0) is 6.42 Å². The molecule has 0 aliphatic carbocycles. The highest BCUT2D eigenvalue weighted by atomic mass is 79.9. The van der Waals surface area contributed by atoms with Crippen molar-refractivity contribution in [3.63, 3.8) is 0 Å². The lowest BCUT2D eigenvalue weighted by Crippen LogP contribution is -2.20. The Morgan fingerprint density at radius 3 is 2.48 bits per heavy atom. The lowest BCUT2D eigenvalue weighted by atomic mass is 9.94. The smallest absolute Gasteiger partial charge is 0.119 e. The van der Waals surface area contributed by atoms with Crippen LogP contribution in [0.25, 0.3) is 0 Å². The summed E-state index contributed by atoms with van der Waals surface area (Å²) in [4.78, 5) is 0. The summed E-state index contributed by atoms with van der Waals surface area (Å²) in [6.45, 7) is 3.55. The molecule has 0 heterocycles. The number of benzene rings is 2. The number of hydrogen-bond acceptors (Lipinski definition) is 2. The number of halogens is 1. The number of rotatable bonds is 7. The van der Waals surface area contributed by atoms with Crippen LogP contribution in [0.4, 0.5) is 0 Å². The molecule has 2 rings (SSSR count). The van der Waals surface area contributed by atoms with Gasteiger partial charge in [-0.2, -0.15) is 0 Å². The minimum Gasteiger partial charge on any atom is -0.494 e. The fourth-order valence-electron chi connectivity index (χ4n) is 2.33. The van der Waals surface area contributed by atoms with Gasteiger partial charge in [0.1, 0.15) is 5.75 Å². The molecule has 0 fully saturated rings. The number of aryl methyl sites for hydroxylation is 1. The van der Waals surface area contributed by atoms with E-state index in [0.717, 1.165) is 23.1 Å². The Bertz CT molecular complexity index is 553. The summed E-state index contributed by atoms with van der Waals surface area (Å²) in [5.41, 5.74) is 8.63. The van der Waals surface area contributed by atoms with Crippen LogP contribution in [0, 0.1) is 12.8 Å². The standard InChI is InChI=1S/C18H22BrNO/c1-14-4-2-3-5-16(14)12-15(13-20)10-11-21-18-8-6-17(19)7-9-18/h2-9,15H,10-13,20H2,1H3. The molecule has 112 valence electrons. The molecule has 0 saturated heterocycles. The lowest BCUT2D eigenvalue weighted by molar-refractivity contribution is 0.278. The van der Waals surface area contributed by atoms with Crippen molar-refractivity contribution in [2.75, 3.05) is 13.2 Å². The fraction of sp³-hybridized carbons (Fsp3) is 0.333. The van der Waals surface area contributed by atoms with Crippen LogP contribution in [0.1, 0.15) is 17.5 Å². The minimum absolute atomic E-state index is 0.460. The van der Waals surface area contributed by atoms with E-state index in [2.05, 4.69) is 47.1 Å². The molecule has 0 saturated carbocycles. The molecular formula is C18H22BrNO. The van der Waals surface area contributed by atoms with Crippen LogP contribution in [0.3, 0.4) is 0 Å². The van der Waals surface area contributed by atoms with E-state index in [1.165, 1.54) is 11.1 Å². The molecule has 0 bridgehead atoms. The third kappa shape index (κ3) is 5.18. The van der Waals surface area contributed by atoms with Gasteiger partial charge in [0, 0.05) is 4.47 Å². The Morgan fingerprint density at radius 2 is 1.81 bits per heavy atom. The molecule has 3 heteroatoms. The van der Waals surface area contributed by atoms with Crippen molar-refractivity contribution in [2.45, 2.75) is 19.8 Å². The first kappa shape index (κ1) is 16.1. The molecule has 21 heavy (non-hydrogen) atoms. The average Bonchev–Trinajstić information content (AvgIpc) is 2.50. The van der Waals surface area contributed by atoms with Gasteiger partial charge in [0.25, 0.3) is 0 Å². The van der Waals surface area contributed by atoms with E-state index in [0.29, 0.717) is 19.1 Å². The predicted molar refractivity (Wildman–Crippen MR) is 91.7 cm³/mol. The van der Waals surface area contributed by atoms with Crippen LogP contribution in [0.2, 0.25) is 0 Å². The maximum Gasteiger partial charge on any atom is 0.119 e.